The second kappa shape index (κ2) is 6.69. The summed E-state index contributed by atoms with van der Waals surface area (Å²) < 4.78 is 39.1. The van der Waals surface area contributed by atoms with Crippen LogP contribution in [0.4, 0.5) is 13.2 Å². The van der Waals surface area contributed by atoms with Gasteiger partial charge in [-0.15, -0.1) is 13.2 Å². The zero-order valence-electron chi connectivity index (χ0n) is 10.8. The maximum absolute atomic E-state index is 11.9. The minimum atomic E-state index is -4.92. The number of rotatable bonds is 6. The lowest BCUT2D eigenvalue weighted by Crippen LogP contribution is -2.44. The van der Waals surface area contributed by atoms with E-state index < -0.39 is 36.6 Å². The molecule has 1 fully saturated rings. The summed E-state index contributed by atoms with van der Waals surface area (Å²) in [7, 11) is 0. The first kappa shape index (κ1) is 16.4. The third kappa shape index (κ3) is 5.55. The Hall–Kier alpha value is -1.64. The Morgan fingerprint density at radius 1 is 1.50 bits per heavy atom. The topological polar surface area (TPSA) is 84.5 Å². The fourth-order valence-corrected chi connectivity index (χ4v) is 1.92. The van der Waals surface area contributed by atoms with Gasteiger partial charge in [-0.3, -0.25) is 19.1 Å². The molecule has 2 atom stereocenters. The van der Waals surface area contributed by atoms with Gasteiger partial charge in [0.15, 0.2) is 5.78 Å². The molecule has 0 spiro atoms. The number of alkyl halides is 3. The molecule has 0 unspecified atom stereocenters. The molecule has 0 aromatic rings. The highest BCUT2D eigenvalue weighted by atomic mass is 19.4. The molecular weight excluding hydrogens is 281 g/mol. The third-order valence-corrected chi connectivity index (χ3v) is 2.83. The molecule has 1 aliphatic heterocycles. The van der Waals surface area contributed by atoms with E-state index in [-0.39, 0.29) is 12.3 Å². The number of halogens is 3. The van der Waals surface area contributed by atoms with Crippen LogP contribution in [0.2, 0.25) is 0 Å². The summed E-state index contributed by atoms with van der Waals surface area (Å²) in [5.41, 5.74) is 0. The van der Waals surface area contributed by atoms with Crippen LogP contribution in [0.15, 0.2) is 0 Å². The van der Waals surface area contributed by atoms with Crippen molar-refractivity contribution < 1.29 is 32.3 Å². The number of nitrogens with one attached hydrogen (secondary N) is 2. The van der Waals surface area contributed by atoms with Gasteiger partial charge >= 0.3 is 6.36 Å². The molecule has 1 heterocycles. The first-order valence-corrected chi connectivity index (χ1v) is 5.97. The summed E-state index contributed by atoms with van der Waals surface area (Å²) in [4.78, 5) is 34.0. The van der Waals surface area contributed by atoms with Crippen LogP contribution in [-0.2, 0) is 19.1 Å². The summed E-state index contributed by atoms with van der Waals surface area (Å²) in [5, 5.41) is 4.80. The van der Waals surface area contributed by atoms with Gasteiger partial charge in [-0.1, -0.05) is 0 Å². The number of amides is 2. The summed E-state index contributed by atoms with van der Waals surface area (Å²) in [5.74, 6) is -2.25. The molecule has 1 saturated heterocycles. The van der Waals surface area contributed by atoms with E-state index in [0.717, 1.165) is 6.92 Å². The Balaban J connectivity index is 2.60. The van der Waals surface area contributed by atoms with Crippen molar-refractivity contribution in [3.8, 4) is 0 Å². The van der Waals surface area contributed by atoms with Gasteiger partial charge in [0.25, 0.3) is 0 Å². The van der Waals surface area contributed by atoms with Gasteiger partial charge < -0.3 is 10.6 Å². The molecule has 0 aliphatic carbocycles. The fraction of sp³-hybridized carbons (Fsp3) is 0.727. The number of hydrogen-bond acceptors (Lipinski definition) is 4. The van der Waals surface area contributed by atoms with E-state index in [4.69, 9.17) is 0 Å². The van der Waals surface area contributed by atoms with E-state index in [1.54, 1.807) is 0 Å². The van der Waals surface area contributed by atoms with E-state index in [1.165, 1.54) is 0 Å². The predicted octanol–water partition coefficient (Wildman–Crippen LogP) is 0.123. The lowest BCUT2D eigenvalue weighted by molar-refractivity contribution is -0.321. The van der Waals surface area contributed by atoms with Gasteiger partial charge in [-0.2, -0.15) is 0 Å². The third-order valence-electron chi connectivity index (χ3n) is 2.83. The highest BCUT2D eigenvalue weighted by Crippen LogP contribution is 2.19. The van der Waals surface area contributed by atoms with Gasteiger partial charge in [0.1, 0.15) is 6.61 Å². The van der Waals surface area contributed by atoms with Crippen molar-refractivity contribution in [2.24, 2.45) is 5.92 Å². The van der Waals surface area contributed by atoms with Crippen LogP contribution in [-0.4, -0.2) is 43.2 Å². The van der Waals surface area contributed by atoms with Gasteiger partial charge in [0.2, 0.25) is 11.8 Å². The molecule has 9 heteroatoms. The molecule has 2 amide bonds. The Morgan fingerprint density at radius 2 is 2.15 bits per heavy atom. The summed E-state index contributed by atoms with van der Waals surface area (Å²) >= 11 is 0. The standard InChI is InChI=1S/C11H15F3N2O4/c1-6(17)16-8(4-7-2-3-15-10(7)19)9(18)5-20-11(12,13)14/h7-8H,2-5H2,1H3,(H,15,19)(H,16,17)/t7-,8-/m0/s1. The first-order valence-electron chi connectivity index (χ1n) is 5.97. The van der Waals surface area contributed by atoms with Gasteiger partial charge in [0.05, 0.1) is 6.04 Å². The van der Waals surface area contributed by atoms with Crippen LogP contribution in [0.3, 0.4) is 0 Å². The van der Waals surface area contributed by atoms with E-state index in [0.29, 0.717) is 13.0 Å². The molecule has 0 bridgehead atoms. The molecule has 0 aromatic carbocycles. The van der Waals surface area contributed by atoms with Crippen LogP contribution in [0.25, 0.3) is 0 Å². The maximum Gasteiger partial charge on any atom is 0.522 e. The lowest BCUT2D eigenvalue weighted by atomic mass is 9.96. The van der Waals surface area contributed by atoms with Crippen LogP contribution in [0.1, 0.15) is 19.8 Å². The Bertz CT molecular complexity index is 398. The molecular formula is C11H15F3N2O4. The second-order valence-electron chi connectivity index (χ2n) is 4.47. The molecule has 114 valence electrons. The zero-order chi connectivity index (χ0) is 15.3. The monoisotopic (exact) mass is 296 g/mol. The normalized spacial score (nSPS) is 20.4. The van der Waals surface area contributed by atoms with Crippen molar-refractivity contribution in [1.29, 1.82) is 0 Å². The Morgan fingerprint density at radius 3 is 2.60 bits per heavy atom. The molecule has 0 saturated carbocycles. The van der Waals surface area contributed by atoms with Crippen molar-refractivity contribution in [3.05, 3.63) is 0 Å². The largest absolute Gasteiger partial charge is 0.522 e. The average Bonchev–Trinajstić information content (AvgIpc) is 2.69. The second-order valence-corrected chi connectivity index (χ2v) is 4.47. The maximum atomic E-state index is 11.9. The molecule has 0 radical (unpaired) electrons. The molecule has 0 aromatic heterocycles. The average molecular weight is 296 g/mol. The molecule has 1 rings (SSSR count). The summed E-state index contributed by atoms with van der Waals surface area (Å²) in [6.45, 7) is 0.395. The van der Waals surface area contributed by atoms with Crippen molar-refractivity contribution in [1.82, 2.24) is 10.6 Å². The van der Waals surface area contributed by atoms with Crippen molar-refractivity contribution in [2.75, 3.05) is 13.2 Å². The first-order chi connectivity index (χ1) is 9.19. The van der Waals surface area contributed by atoms with Crippen molar-refractivity contribution >= 4 is 17.6 Å². The van der Waals surface area contributed by atoms with Gasteiger partial charge in [-0.05, 0) is 12.8 Å². The summed E-state index contributed by atoms with van der Waals surface area (Å²) in [6.07, 6.45) is -4.48. The Labute approximate surface area is 113 Å². The van der Waals surface area contributed by atoms with Crippen LogP contribution in [0, 0.1) is 5.92 Å². The molecule has 1 aliphatic rings. The highest BCUT2D eigenvalue weighted by Gasteiger charge is 2.34. The predicted molar refractivity (Wildman–Crippen MR) is 60.4 cm³/mol. The van der Waals surface area contributed by atoms with Crippen LogP contribution < -0.4 is 10.6 Å². The molecule has 6 nitrogen and oxygen atoms in total. The number of carbonyl (C=O) groups excluding carboxylic acids is 3. The number of carbonyl (C=O) groups is 3. The number of hydrogen-bond donors (Lipinski definition) is 2. The summed E-state index contributed by atoms with van der Waals surface area (Å²) in [6, 6.07) is -1.16. The Kier molecular flexibility index (Phi) is 5.49. The van der Waals surface area contributed by atoms with Crippen LogP contribution >= 0.6 is 0 Å². The van der Waals surface area contributed by atoms with Crippen molar-refractivity contribution in [3.63, 3.8) is 0 Å². The van der Waals surface area contributed by atoms with Crippen molar-refractivity contribution in [2.45, 2.75) is 32.2 Å². The van der Waals surface area contributed by atoms with Gasteiger partial charge in [0, 0.05) is 19.4 Å². The van der Waals surface area contributed by atoms with E-state index in [9.17, 15) is 27.6 Å². The molecule has 20 heavy (non-hydrogen) atoms. The minimum Gasteiger partial charge on any atom is -0.356 e. The van der Waals surface area contributed by atoms with Crippen LogP contribution in [0.5, 0.6) is 0 Å². The van der Waals surface area contributed by atoms with E-state index in [2.05, 4.69) is 15.4 Å². The lowest BCUT2D eigenvalue weighted by Gasteiger charge is -2.19. The molecule has 2 N–H and O–H groups in total. The smallest absolute Gasteiger partial charge is 0.356 e. The van der Waals surface area contributed by atoms with E-state index >= 15 is 0 Å². The number of Topliss-reactive ketones (excluding diaryl/α,β-unsaturated/α-hetero) is 1. The fourth-order valence-electron chi connectivity index (χ4n) is 1.92. The number of ether oxygens (including phenoxy) is 1. The SMILES string of the molecule is CC(=O)N[C@@H](C[C@@H]1CCNC1=O)C(=O)COC(F)(F)F. The number of ketones is 1. The minimum absolute atomic E-state index is 0.0362. The zero-order valence-corrected chi connectivity index (χ0v) is 10.8. The quantitative estimate of drug-likeness (QED) is 0.729. The highest BCUT2D eigenvalue weighted by molar-refractivity contribution is 5.90. The van der Waals surface area contributed by atoms with Gasteiger partial charge in [-0.25, -0.2) is 0 Å². The van der Waals surface area contributed by atoms with E-state index in [1.807, 2.05) is 0 Å².